The van der Waals surface area contributed by atoms with Gasteiger partial charge in [-0.25, -0.2) is 9.67 Å². The van der Waals surface area contributed by atoms with E-state index in [1.165, 1.54) is 31.6 Å². The van der Waals surface area contributed by atoms with E-state index >= 15 is 0 Å². The number of nitrogens with one attached hydrogen (secondary N) is 1. The number of nitrogens with zero attached hydrogens (tertiary/aromatic N) is 5. The number of aromatic nitrogens is 4. The average molecular weight is 539 g/mol. The van der Waals surface area contributed by atoms with E-state index in [1.807, 2.05) is 38.3 Å². The van der Waals surface area contributed by atoms with Crippen LogP contribution in [0.1, 0.15) is 70.9 Å². The molecule has 3 aromatic rings. The highest BCUT2D eigenvalue weighted by Gasteiger charge is 2.43. The van der Waals surface area contributed by atoms with Crippen LogP contribution in [0.15, 0.2) is 42.9 Å². The number of carbonyl (C=O) groups is 2. The number of rotatable bonds is 6. The zero-order chi connectivity index (χ0) is 27.9. The number of hydrogen-bond donors (Lipinski definition) is 1. The van der Waals surface area contributed by atoms with E-state index in [4.69, 9.17) is 0 Å². The molecule has 0 saturated heterocycles. The molecule has 8 nitrogen and oxygen atoms in total. The summed E-state index contributed by atoms with van der Waals surface area (Å²) in [5.74, 6) is -0.895. The maximum absolute atomic E-state index is 13.0. The summed E-state index contributed by atoms with van der Waals surface area (Å²) in [6.07, 6.45) is 5.51. The first-order valence-corrected chi connectivity index (χ1v) is 12.8. The summed E-state index contributed by atoms with van der Waals surface area (Å²) in [5.41, 5.74) is 5.28. The number of aryl methyl sites for hydroxylation is 1. The fourth-order valence-electron chi connectivity index (χ4n) is 4.98. The van der Waals surface area contributed by atoms with Crippen LogP contribution >= 0.6 is 0 Å². The molecule has 1 fully saturated rings. The van der Waals surface area contributed by atoms with E-state index < -0.39 is 18.1 Å². The largest absolute Gasteiger partial charge is 0.471 e. The Morgan fingerprint density at radius 2 is 1.85 bits per heavy atom. The Morgan fingerprint density at radius 1 is 1.08 bits per heavy atom. The molecule has 1 saturated carbocycles. The normalized spacial score (nSPS) is 17.5. The number of pyridine rings is 2. The van der Waals surface area contributed by atoms with Crippen molar-refractivity contribution in [3.63, 3.8) is 0 Å². The predicted molar refractivity (Wildman–Crippen MR) is 139 cm³/mol. The molecular formula is C28H29F3N6O2. The number of hydrogen-bond acceptors (Lipinski definition) is 5. The summed E-state index contributed by atoms with van der Waals surface area (Å²) in [6, 6.07) is 5.26. The lowest BCUT2D eigenvalue weighted by molar-refractivity contribution is -0.186. The SMILES string of the molecule is Cc1cc(NC(=O)c2cnn(-c3ccc(C4CC4)cn3)c2C)cnc1C1=CCC(N(C)C(=O)C(F)(F)F)CC1. The lowest BCUT2D eigenvalue weighted by Crippen LogP contribution is -2.45. The van der Waals surface area contributed by atoms with E-state index in [9.17, 15) is 22.8 Å². The zero-order valence-electron chi connectivity index (χ0n) is 21.9. The highest BCUT2D eigenvalue weighted by Crippen LogP contribution is 2.39. The highest BCUT2D eigenvalue weighted by atomic mass is 19.4. The predicted octanol–water partition coefficient (Wildman–Crippen LogP) is 5.37. The molecule has 39 heavy (non-hydrogen) atoms. The summed E-state index contributed by atoms with van der Waals surface area (Å²) in [4.78, 5) is 34.4. The molecule has 0 spiro atoms. The molecule has 1 unspecified atom stereocenters. The molecule has 0 aliphatic heterocycles. The number of allylic oxidation sites excluding steroid dienone is 1. The zero-order valence-corrected chi connectivity index (χ0v) is 21.9. The topological polar surface area (TPSA) is 93.0 Å². The molecule has 0 aromatic carbocycles. The van der Waals surface area contributed by atoms with E-state index in [2.05, 4.69) is 26.4 Å². The second-order valence-corrected chi connectivity index (χ2v) is 10.2. The van der Waals surface area contributed by atoms with Gasteiger partial charge in [0.25, 0.3) is 5.91 Å². The van der Waals surface area contributed by atoms with Gasteiger partial charge in [-0.05, 0) is 80.7 Å². The molecule has 1 atom stereocenters. The third-order valence-corrected chi connectivity index (χ3v) is 7.43. The lowest BCUT2D eigenvalue weighted by Gasteiger charge is -2.31. The summed E-state index contributed by atoms with van der Waals surface area (Å²) in [5, 5.41) is 7.23. The Hall–Kier alpha value is -4.02. The van der Waals surface area contributed by atoms with Crippen molar-refractivity contribution < 1.29 is 22.8 Å². The van der Waals surface area contributed by atoms with Gasteiger partial charge in [0.15, 0.2) is 5.82 Å². The lowest BCUT2D eigenvalue weighted by atomic mass is 9.90. The number of anilines is 1. The first-order valence-electron chi connectivity index (χ1n) is 12.8. The van der Waals surface area contributed by atoms with Gasteiger partial charge in [0.2, 0.25) is 0 Å². The van der Waals surface area contributed by atoms with Gasteiger partial charge in [-0.15, -0.1) is 0 Å². The standard InChI is InChI=1S/C28H29F3N6O2/c1-16-12-21(14-33-25(16)19-6-9-22(10-7-19)36(3)27(39)28(29,30)31)35-26(38)23-15-34-37(17(23)2)24-11-8-20(13-32-24)18-4-5-18/h6,8,11-15,18,22H,4-5,7,9-10H2,1-3H3,(H,35,38). The monoisotopic (exact) mass is 538 g/mol. The Balaban J connectivity index is 1.24. The first kappa shape index (κ1) is 26.6. The Kier molecular flexibility index (Phi) is 7.00. The molecule has 2 amide bonds. The molecule has 0 bridgehead atoms. The third-order valence-electron chi connectivity index (χ3n) is 7.43. The molecule has 3 heterocycles. The van der Waals surface area contributed by atoms with E-state index in [0.29, 0.717) is 47.9 Å². The van der Waals surface area contributed by atoms with Crippen molar-refractivity contribution in [3.05, 3.63) is 70.9 Å². The van der Waals surface area contributed by atoms with Gasteiger partial charge in [-0.3, -0.25) is 14.6 Å². The molecule has 11 heteroatoms. The van der Waals surface area contributed by atoms with Crippen LogP contribution in [0.25, 0.3) is 11.4 Å². The Bertz CT molecular complexity index is 1440. The number of amides is 2. The van der Waals surface area contributed by atoms with Gasteiger partial charge >= 0.3 is 12.1 Å². The van der Waals surface area contributed by atoms with Crippen LogP contribution in [-0.2, 0) is 4.79 Å². The molecule has 204 valence electrons. The minimum Gasteiger partial charge on any atom is -0.335 e. The first-order chi connectivity index (χ1) is 18.5. The van der Waals surface area contributed by atoms with E-state index in [-0.39, 0.29) is 5.91 Å². The van der Waals surface area contributed by atoms with Crippen LogP contribution in [0.5, 0.6) is 0 Å². The highest BCUT2D eigenvalue weighted by molar-refractivity contribution is 6.05. The van der Waals surface area contributed by atoms with Crippen LogP contribution in [0.2, 0.25) is 0 Å². The molecule has 5 rings (SSSR count). The Morgan fingerprint density at radius 3 is 2.44 bits per heavy atom. The maximum Gasteiger partial charge on any atom is 0.471 e. The van der Waals surface area contributed by atoms with Crippen molar-refractivity contribution in [1.29, 1.82) is 0 Å². The fourth-order valence-corrected chi connectivity index (χ4v) is 4.98. The van der Waals surface area contributed by atoms with Crippen LogP contribution in [0.4, 0.5) is 18.9 Å². The molecule has 3 aromatic heterocycles. The van der Waals surface area contributed by atoms with Gasteiger partial charge in [0.1, 0.15) is 0 Å². The van der Waals surface area contributed by atoms with Crippen LogP contribution in [-0.4, -0.2) is 55.7 Å². The van der Waals surface area contributed by atoms with Crippen molar-refractivity contribution in [1.82, 2.24) is 24.6 Å². The van der Waals surface area contributed by atoms with E-state index in [1.54, 1.807) is 10.9 Å². The van der Waals surface area contributed by atoms with Crippen molar-refractivity contribution in [2.24, 2.45) is 0 Å². The summed E-state index contributed by atoms with van der Waals surface area (Å²) >= 11 is 0. The Labute approximate surface area is 223 Å². The van der Waals surface area contributed by atoms with Crippen molar-refractivity contribution in [2.75, 3.05) is 12.4 Å². The number of carbonyl (C=O) groups excluding carboxylic acids is 2. The van der Waals surface area contributed by atoms with Crippen molar-refractivity contribution in [2.45, 2.75) is 64.1 Å². The molecule has 1 N–H and O–H groups in total. The van der Waals surface area contributed by atoms with Crippen molar-refractivity contribution in [3.8, 4) is 5.82 Å². The van der Waals surface area contributed by atoms with E-state index in [0.717, 1.165) is 21.7 Å². The second kappa shape index (κ2) is 10.3. The second-order valence-electron chi connectivity index (χ2n) is 10.2. The molecular weight excluding hydrogens is 509 g/mol. The maximum atomic E-state index is 13.0. The third kappa shape index (κ3) is 5.57. The average Bonchev–Trinajstić information content (AvgIpc) is 3.69. The molecule has 0 radical (unpaired) electrons. The van der Waals surface area contributed by atoms with Crippen molar-refractivity contribution >= 4 is 23.1 Å². The summed E-state index contributed by atoms with van der Waals surface area (Å²) < 4.78 is 40.0. The summed E-state index contributed by atoms with van der Waals surface area (Å²) in [6.45, 7) is 3.68. The fraction of sp³-hybridized carbons (Fsp3) is 0.393. The molecule has 2 aliphatic rings. The van der Waals surface area contributed by atoms with Crippen LogP contribution in [0.3, 0.4) is 0 Å². The minimum absolute atomic E-state index is 0.314. The minimum atomic E-state index is -4.88. The van der Waals surface area contributed by atoms with Gasteiger partial charge in [0.05, 0.1) is 35.0 Å². The van der Waals surface area contributed by atoms with Gasteiger partial charge in [-0.1, -0.05) is 12.1 Å². The number of alkyl halides is 3. The van der Waals surface area contributed by atoms with Gasteiger partial charge in [-0.2, -0.15) is 18.3 Å². The van der Waals surface area contributed by atoms with Gasteiger partial charge in [0, 0.05) is 19.3 Å². The number of halogens is 3. The van der Waals surface area contributed by atoms with Gasteiger partial charge < -0.3 is 10.2 Å². The van der Waals surface area contributed by atoms with Crippen LogP contribution in [0, 0.1) is 13.8 Å². The quantitative estimate of drug-likeness (QED) is 0.456. The summed E-state index contributed by atoms with van der Waals surface area (Å²) in [7, 11) is 1.19. The molecule has 2 aliphatic carbocycles. The van der Waals surface area contributed by atoms with Crippen LogP contribution < -0.4 is 5.32 Å². The smallest absolute Gasteiger partial charge is 0.335 e.